The highest BCUT2D eigenvalue weighted by atomic mass is 19.4. The van der Waals surface area contributed by atoms with Crippen LogP contribution in [0.15, 0.2) is 24.3 Å². The van der Waals surface area contributed by atoms with E-state index >= 15 is 0 Å². The fraction of sp³-hybridized carbons (Fsp3) is 0.500. The molecule has 1 heterocycles. The first kappa shape index (κ1) is 15.6. The molecule has 1 fully saturated rings. The Morgan fingerprint density at radius 2 is 1.71 bits per heavy atom. The molecule has 7 heteroatoms. The summed E-state index contributed by atoms with van der Waals surface area (Å²) in [5, 5.41) is 3.31. The number of benzene rings is 1. The number of rotatable bonds is 2. The van der Waals surface area contributed by atoms with Crippen LogP contribution >= 0.6 is 0 Å². The smallest absolute Gasteiger partial charge is 0.406 e. The number of amides is 1. The molecule has 1 aromatic carbocycles. The maximum Gasteiger partial charge on any atom is 0.573 e. The molecule has 1 aromatic rings. The number of nitrogens with one attached hydrogen (secondary N) is 1. The summed E-state index contributed by atoms with van der Waals surface area (Å²) in [5.41, 5.74) is 0.353. The fourth-order valence-electron chi connectivity index (χ4n) is 2.47. The number of carbonyl (C=O) groups excluding carboxylic acids is 1. The summed E-state index contributed by atoms with van der Waals surface area (Å²) in [4.78, 5) is 14.0. The molecule has 0 saturated carbocycles. The third kappa shape index (κ3) is 4.35. The Hall–Kier alpha value is -1.76. The van der Waals surface area contributed by atoms with Crippen molar-refractivity contribution < 1.29 is 22.7 Å². The lowest BCUT2D eigenvalue weighted by Crippen LogP contribution is -2.55. The van der Waals surface area contributed by atoms with Crippen LogP contribution in [0, 0.1) is 0 Å². The number of nitrogens with zero attached hydrogens (tertiary/aromatic N) is 1. The zero-order valence-electron chi connectivity index (χ0n) is 11.8. The largest absolute Gasteiger partial charge is 0.573 e. The van der Waals surface area contributed by atoms with Gasteiger partial charge < -0.3 is 15.0 Å². The average molecular weight is 302 g/mol. The van der Waals surface area contributed by atoms with Crippen molar-refractivity contribution in [2.75, 3.05) is 13.1 Å². The first-order valence-electron chi connectivity index (χ1n) is 6.66. The number of hydrogen-bond donors (Lipinski definition) is 1. The van der Waals surface area contributed by atoms with Crippen molar-refractivity contribution in [1.82, 2.24) is 10.2 Å². The summed E-state index contributed by atoms with van der Waals surface area (Å²) >= 11 is 0. The van der Waals surface area contributed by atoms with E-state index in [1.807, 2.05) is 13.8 Å². The molecule has 0 unspecified atom stereocenters. The van der Waals surface area contributed by atoms with Crippen LogP contribution in [-0.4, -0.2) is 42.3 Å². The molecule has 2 atom stereocenters. The van der Waals surface area contributed by atoms with Crippen molar-refractivity contribution in [3.8, 4) is 5.75 Å². The minimum atomic E-state index is -4.73. The minimum absolute atomic E-state index is 0.186. The van der Waals surface area contributed by atoms with Crippen molar-refractivity contribution in [3.63, 3.8) is 0 Å². The van der Waals surface area contributed by atoms with E-state index < -0.39 is 6.36 Å². The van der Waals surface area contributed by atoms with Gasteiger partial charge in [-0.05, 0) is 38.1 Å². The summed E-state index contributed by atoms with van der Waals surface area (Å²) in [6, 6.07) is 5.36. The molecule has 1 aliphatic heterocycles. The van der Waals surface area contributed by atoms with Crippen LogP contribution in [-0.2, 0) is 0 Å². The molecule has 1 aliphatic rings. The van der Waals surface area contributed by atoms with Crippen LogP contribution in [0.2, 0.25) is 0 Å². The van der Waals surface area contributed by atoms with Gasteiger partial charge in [0, 0.05) is 30.7 Å². The van der Waals surface area contributed by atoms with Gasteiger partial charge in [0.1, 0.15) is 5.75 Å². The molecular formula is C14H17F3N2O2. The normalized spacial score (nSPS) is 23.0. The fourth-order valence-corrected chi connectivity index (χ4v) is 2.47. The Morgan fingerprint density at radius 1 is 1.19 bits per heavy atom. The van der Waals surface area contributed by atoms with Gasteiger partial charge in [0.25, 0.3) is 5.91 Å². The monoisotopic (exact) mass is 302 g/mol. The number of halogens is 3. The number of piperazine rings is 1. The summed E-state index contributed by atoms with van der Waals surface area (Å²) in [5.74, 6) is -0.519. The van der Waals surface area contributed by atoms with Gasteiger partial charge in [0.15, 0.2) is 0 Å². The van der Waals surface area contributed by atoms with Gasteiger partial charge in [-0.3, -0.25) is 4.79 Å². The first-order valence-corrected chi connectivity index (χ1v) is 6.66. The van der Waals surface area contributed by atoms with Crippen molar-refractivity contribution in [2.24, 2.45) is 0 Å². The Balaban J connectivity index is 2.06. The standard InChI is InChI=1S/C14H17F3N2O2/c1-9-7-19(8-10(2)18-9)13(20)11-3-5-12(6-4-11)21-14(15,16)17/h3-6,9-10,18H,7-8H2,1-2H3/t9-,10+. The molecule has 1 N–H and O–H groups in total. The number of ether oxygens (including phenoxy) is 1. The maximum atomic E-state index is 12.3. The molecule has 1 saturated heterocycles. The Kier molecular flexibility index (Phi) is 4.41. The van der Waals surface area contributed by atoms with E-state index in [1.165, 1.54) is 12.1 Å². The average Bonchev–Trinajstić information content (AvgIpc) is 2.35. The molecule has 0 spiro atoms. The number of carbonyl (C=O) groups is 1. The van der Waals surface area contributed by atoms with E-state index in [2.05, 4.69) is 10.1 Å². The van der Waals surface area contributed by atoms with Gasteiger partial charge >= 0.3 is 6.36 Å². The Morgan fingerprint density at radius 3 is 2.19 bits per heavy atom. The van der Waals surface area contributed by atoms with E-state index in [1.54, 1.807) is 4.90 Å². The third-order valence-corrected chi connectivity index (χ3v) is 3.18. The molecule has 21 heavy (non-hydrogen) atoms. The molecule has 0 aromatic heterocycles. The topological polar surface area (TPSA) is 41.6 Å². The van der Waals surface area contributed by atoms with Crippen LogP contribution < -0.4 is 10.1 Å². The second-order valence-electron chi connectivity index (χ2n) is 5.25. The van der Waals surface area contributed by atoms with Crippen LogP contribution in [0.4, 0.5) is 13.2 Å². The predicted molar refractivity (Wildman–Crippen MR) is 71.1 cm³/mol. The van der Waals surface area contributed by atoms with Crippen LogP contribution in [0.1, 0.15) is 24.2 Å². The lowest BCUT2D eigenvalue weighted by atomic mass is 10.1. The summed E-state index contributed by atoms with van der Waals surface area (Å²) in [6.07, 6.45) is -4.73. The first-order chi connectivity index (χ1) is 9.74. The molecule has 0 radical (unpaired) electrons. The van der Waals surface area contributed by atoms with Crippen LogP contribution in [0.3, 0.4) is 0 Å². The van der Waals surface area contributed by atoms with E-state index in [9.17, 15) is 18.0 Å². The van der Waals surface area contributed by atoms with Crippen LogP contribution in [0.5, 0.6) is 5.75 Å². The Labute approximate surface area is 120 Å². The van der Waals surface area contributed by atoms with Crippen molar-refractivity contribution in [2.45, 2.75) is 32.3 Å². The molecule has 0 aliphatic carbocycles. The predicted octanol–water partition coefficient (Wildman–Crippen LogP) is 2.41. The number of hydrogen-bond acceptors (Lipinski definition) is 3. The molecular weight excluding hydrogens is 285 g/mol. The van der Waals surface area contributed by atoms with Gasteiger partial charge in [-0.15, -0.1) is 13.2 Å². The highest BCUT2D eigenvalue weighted by Crippen LogP contribution is 2.23. The highest BCUT2D eigenvalue weighted by molar-refractivity contribution is 5.94. The van der Waals surface area contributed by atoms with Gasteiger partial charge in [0.05, 0.1) is 0 Å². The third-order valence-electron chi connectivity index (χ3n) is 3.18. The maximum absolute atomic E-state index is 12.3. The van der Waals surface area contributed by atoms with Crippen molar-refractivity contribution in [1.29, 1.82) is 0 Å². The Bertz CT molecular complexity index is 492. The van der Waals surface area contributed by atoms with E-state index in [4.69, 9.17) is 0 Å². The quantitative estimate of drug-likeness (QED) is 0.912. The van der Waals surface area contributed by atoms with Gasteiger partial charge in [-0.1, -0.05) is 0 Å². The summed E-state index contributed by atoms with van der Waals surface area (Å²) < 4.78 is 40.0. The van der Waals surface area contributed by atoms with E-state index in [0.717, 1.165) is 12.1 Å². The zero-order valence-corrected chi connectivity index (χ0v) is 11.8. The summed E-state index contributed by atoms with van der Waals surface area (Å²) in [7, 11) is 0. The molecule has 2 rings (SSSR count). The molecule has 0 bridgehead atoms. The zero-order chi connectivity index (χ0) is 15.6. The van der Waals surface area contributed by atoms with Gasteiger partial charge in [-0.2, -0.15) is 0 Å². The molecule has 4 nitrogen and oxygen atoms in total. The second kappa shape index (κ2) is 5.93. The lowest BCUT2D eigenvalue weighted by molar-refractivity contribution is -0.274. The van der Waals surface area contributed by atoms with Gasteiger partial charge in [-0.25, -0.2) is 0 Å². The van der Waals surface area contributed by atoms with Crippen LogP contribution in [0.25, 0.3) is 0 Å². The molecule has 116 valence electrons. The second-order valence-corrected chi connectivity index (χ2v) is 5.25. The van der Waals surface area contributed by atoms with E-state index in [0.29, 0.717) is 18.7 Å². The van der Waals surface area contributed by atoms with Crippen molar-refractivity contribution >= 4 is 5.91 Å². The molecule has 1 amide bonds. The minimum Gasteiger partial charge on any atom is -0.406 e. The van der Waals surface area contributed by atoms with Crippen molar-refractivity contribution in [3.05, 3.63) is 29.8 Å². The highest BCUT2D eigenvalue weighted by Gasteiger charge is 2.31. The number of alkyl halides is 3. The summed E-state index contributed by atoms with van der Waals surface area (Å²) in [6.45, 7) is 5.11. The SMILES string of the molecule is C[C@@H]1CN(C(=O)c2ccc(OC(F)(F)F)cc2)C[C@H](C)N1. The van der Waals surface area contributed by atoms with Gasteiger partial charge in [0.2, 0.25) is 0 Å². The van der Waals surface area contributed by atoms with E-state index in [-0.39, 0.29) is 23.7 Å². The lowest BCUT2D eigenvalue weighted by Gasteiger charge is -2.36.